The number of methoxy groups -OCH3 is 1. The van der Waals surface area contributed by atoms with E-state index in [1.165, 1.54) is 31.4 Å². The van der Waals surface area contributed by atoms with Crippen LogP contribution in [0.2, 0.25) is 0 Å². The van der Waals surface area contributed by atoms with Gasteiger partial charge in [0.2, 0.25) is 10.0 Å². The number of carbonyl (C=O) groups is 1. The Morgan fingerprint density at radius 3 is 2.48 bits per heavy atom. The smallest absolute Gasteiger partial charge is 0.323 e. The molecule has 0 bridgehead atoms. The van der Waals surface area contributed by atoms with Crippen LogP contribution in [0.4, 0.5) is 4.39 Å². The number of benzene rings is 2. The second kappa shape index (κ2) is 9.15. The number of nitrogens with zero attached hydrogens (tertiary/aromatic N) is 2. The molecule has 7 nitrogen and oxygen atoms in total. The van der Waals surface area contributed by atoms with Gasteiger partial charge in [0.15, 0.2) is 0 Å². The van der Waals surface area contributed by atoms with Crippen LogP contribution in [-0.2, 0) is 26.1 Å². The van der Waals surface area contributed by atoms with E-state index in [1.54, 1.807) is 18.2 Å². The lowest BCUT2D eigenvalue weighted by Crippen LogP contribution is -2.42. The van der Waals surface area contributed by atoms with E-state index in [0.29, 0.717) is 18.5 Å². The van der Waals surface area contributed by atoms with Crippen LogP contribution in [0.25, 0.3) is 11.0 Å². The highest BCUT2D eigenvalue weighted by atomic mass is 32.2. The van der Waals surface area contributed by atoms with E-state index in [2.05, 4.69) is 9.71 Å². The van der Waals surface area contributed by atoms with Crippen molar-refractivity contribution in [2.75, 3.05) is 7.11 Å². The quantitative estimate of drug-likeness (QED) is 0.535. The van der Waals surface area contributed by atoms with Crippen molar-refractivity contribution in [1.29, 1.82) is 0 Å². The molecular weight excluding hydrogens is 421 g/mol. The van der Waals surface area contributed by atoms with Gasteiger partial charge >= 0.3 is 5.97 Å². The maximum atomic E-state index is 13.5. The fraction of sp³-hybridized carbons (Fsp3) is 0.364. The third kappa shape index (κ3) is 5.29. The van der Waals surface area contributed by atoms with Crippen LogP contribution in [0, 0.1) is 18.7 Å². The van der Waals surface area contributed by atoms with Crippen LogP contribution < -0.4 is 4.72 Å². The van der Waals surface area contributed by atoms with Gasteiger partial charge in [-0.2, -0.15) is 4.72 Å². The zero-order valence-electron chi connectivity index (χ0n) is 17.9. The van der Waals surface area contributed by atoms with Crippen LogP contribution >= 0.6 is 0 Å². The molecule has 9 heteroatoms. The third-order valence-corrected chi connectivity index (χ3v) is 6.45. The molecule has 0 amide bonds. The van der Waals surface area contributed by atoms with E-state index in [4.69, 9.17) is 4.74 Å². The molecule has 0 saturated heterocycles. The number of fused-ring (bicyclic) bond motifs is 1. The lowest BCUT2D eigenvalue weighted by molar-refractivity contribution is -0.143. The van der Waals surface area contributed by atoms with Crippen molar-refractivity contribution in [3.05, 3.63) is 59.7 Å². The Bertz CT molecular complexity index is 1190. The summed E-state index contributed by atoms with van der Waals surface area (Å²) in [5.74, 6) is -0.126. The second-order valence-corrected chi connectivity index (χ2v) is 9.56. The van der Waals surface area contributed by atoms with Gasteiger partial charge in [-0.25, -0.2) is 17.8 Å². The molecule has 0 aliphatic rings. The minimum atomic E-state index is -3.90. The number of rotatable bonds is 8. The first-order chi connectivity index (χ1) is 14.6. The van der Waals surface area contributed by atoms with Gasteiger partial charge in [-0.15, -0.1) is 0 Å². The summed E-state index contributed by atoms with van der Waals surface area (Å²) in [7, 11) is -2.67. The average Bonchev–Trinajstić information content (AvgIpc) is 3.01. The summed E-state index contributed by atoms with van der Waals surface area (Å²) < 4.78 is 48.1. The van der Waals surface area contributed by atoms with Gasteiger partial charge in [-0.3, -0.25) is 4.79 Å². The molecule has 1 heterocycles. The van der Waals surface area contributed by atoms with E-state index in [9.17, 15) is 17.6 Å². The van der Waals surface area contributed by atoms with Crippen LogP contribution in [0.1, 0.15) is 31.7 Å². The van der Waals surface area contributed by atoms with E-state index in [0.717, 1.165) is 16.9 Å². The molecule has 31 heavy (non-hydrogen) atoms. The zero-order chi connectivity index (χ0) is 22.8. The predicted octanol–water partition coefficient (Wildman–Crippen LogP) is 3.40. The van der Waals surface area contributed by atoms with Gasteiger partial charge in [-0.1, -0.05) is 26.0 Å². The van der Waals surface area contributed by atoms with Crippen LogP contribution in [0.15, 0.2) is 47.4 Å². The minimum absolute atomic E-state index is 0.0585. The number of aryl methyl sites for hydroxylation is 1. The van der Waals surface area contributed by atoms with Gasteiger partial charge in [0.1, 0.15) is 17.7 Å². The first-order valence-corrected chi connectivity index (χ1v) is 11.4. The summed E-state index contributed by atoms with van der Waals surface area (Å²) >= 11 is 0. The summed E-state index contributed by atoms with van der Waals surface area (Å²) in [5, 5.41) is 0. The molecule has 1 atom stereocenters. The molecule has 0 aliphatic heterocycles. The number of esters is 1. The molecule has 1 aromatic heterocycles. The van der Waals surface area contributed by atoms with Crippen molar-refractivity contribution >= 4 is 27.0 Å². The maximum absolute atomic E-state index is 13.5. The fourth-order valence-corrected chi connectivity index (χ4v) is 4.64. The first-order valence-electron chi connectivity index (χ1n) is 9.92. The summed E-state index contributed by atoms with van der Waals surface area (Å²) in [4.78, 5) is 16.4. The highest BCUT2D eigenvalue weighted by Crippen LogP contribution is 2.20. The van der Waals surface area contributed by atoms with Crippen LogP contribution in [-0.4, -0.2) is 37.1 Å². The maximum Gasteiger partial charge on any atom is 0.323 e. The van der Waals surface area contributed by atoms with Crippen molar-refractivity contribution in [2.24, 2.45) is 5.92 Å². The lowest BCUT2D eigenvalue weighted by atomic mass is 10.1. The van der Waals surface area contributed by atoms with Crippen LogP contribution in [0.5, 0.6) is 0 Å². The number of ether oxygens (including phenoxy) is 1. The van der Waals surface area contributed by atoms with Crippen LogP contribution in [0.3, 0.4) is 0 Å². The standard InChI is InChI=1S/C22H26FN3O4S/c1-14(2)11-20(22(27)30-4)25-31(28,29)18-8-5-16(6-9-18)13-26-15(3)24-19-12-17(23)7-10-21(19)26/h5-10,12,14,20,25H,11,13H2,1-4H3/t20-/m0/s1. The molecule has 3 rings (SSSR count). The van der Waals surface area contributed by atoms with E-state index in [1.807, 2.05) is 25.3 Å². The minimum Gasteiger partial charge on any atom is -0.468 e. The molecule has 0 aliphatic carbocycles. The number of nitrogens with one attached hydrogen (secondary N) is 1. The van der Waals surface area contributed by atoms with E-state index >= 15 is 0 Å². The third-order valence-electron chi connectivity index (χ3n) is 4.97. The molecule has 0 unspecified atom stereocenters. The second-order valence-electron chi connectivity index (χ2n) is 7.85. The van der Waals surface area contributed by atoms with Crippen molar-refractivity contribution in [2.45, 2.75) is 44.7 Å². The summed E-state index contributed by atoms with van der Waals surface area (Å²) in [6.07, 6.45) is 0.331. The molecule has 0 spiro atoms. The van der Waals surface area contributed by atoms with Crippen molar-refractivity contribution in [3.63, 3.8) is 0 Å². The summed E-state index contributed by atoms with van der Waals surface area (Å²) in [6.45, 7) is 6.09. The number of aromatic nitrogens is 2. The molecule has 0 saturated carbocycles. The largest absolute Gasteiger partial charge is 0.468 e. The van der Waals surface area contributed by atoms with Gasteiger partial charge in [0, 0.05) is 12.6 Å². The molecule has 3 aromatic rings. The normalized spacial score (nSPS) is 13.0. The number of hydrogen-bond acceptors (Lipinski definition) is 5. The summed E-state index contributed by atoms with van der Waals surface area (Å²) in [5.41, 5.74) is 2.23. The number of imidazole rings is 1. The average molecular weight is 448 g/mol. The Labute approximate surface area is 181 Å². The molecule has 1 N–H and O–H groups in total. The first kappa shape index (κ1) is 22.9. The highest BCUT2D eigenvalue weighted by Gasteiger charge is 2.27. The fourth-order valence-electron chi connectivity index (χ4n) is 3.44. The number of sulfonamides is 1. The van der Waals surface area contributed by atoms with Gasteiger partial charge < -0.3 is 9.30 Å². The zero-order valence-corrected chi connectivity index (χ0v) is 18.7. The number of hydrogen-bond donors (Lipinski definition) is 1. The molecular formula is C22H26FN3O4S. The Kier molecular flexibility index (Phi) is 6.76. The molecule has 2 aromatic carbocycles. The summed E-state index contributed by atoms with van der Waals surface area (Å²) in [6, 6.07) is 9.90. The molecule has 0 radical (unpaired) electrons. The van der Waals surface area contributed by atoms with Gasteiger partial charge in [-0.05, 0) is 49.1 Å². The Balaban J connectivity index is 1.81. The van der Waals surface area contributed by atoms with E-state index in [-0.39, 0.29) is 16.6 Å². The topological polar surface area (TPSA) is 90.3 Å². The SMILES string of the molecule is COC(=O)[C@H](CC(C)C)NS(=O)(=O)c1ccc(Cn2c(C)nc3cc(F)ccc32)cc1. The van der Waals surface area contributed by atoms with Gasteiger partial charge in [0.05, 0.1) is 23.0 Å². The highest BCUT2D eigenvalue weighted by molar-refractivity contribution is 7.89. The van der Waals surface area contributed by atoms with Crippen molar-refractivity contribution < 1.29 is 22.3 Å². The number of halogens is 1. The monoisotopic (exact) mass is 447 g/mol. The Morgan fingerprint density at radius 1 is 1.19 bits per heavy atom. The molecule has 166 valence electrons. The number of carbonyl (C=O) groups excluding carboxylic acids is 1. The molecule has 0 fully saturated rings. The lowest BCUT2D eigenvalue weighted by Gasteiger charge is -2.18. The van der Waals surface area contributed by atoms with E-state index < -0.39 is 22.0 Å². The predicted molar refractivity (Wildman–Crippen MR) is 116 cm³/mol. The van der Waals surface area contributed by atoms with Crippen molar-refractivity contribution in [3.8, 4) is 0 Å². The Hall–Kier alpha value is -2.78. The van der Waals surface area contributed by atoms with Gasteiger partial charge in [0.25, 0.3) is 0 Å². The van der Waals surface area contributed by atoms with Crippen molar-refractivity contribution in [1.82, 2.24) is 14.3 Å². The Morgan fingerprint density at radius 2 is 1.87 bits per heavy atom.